The van der Waals surface area contributed by atoms with Crippen molar-refractivity contribution in [2.75, 3.05) is 13.2 Å². The monoisotopic (exact) mass is 313 g/mol. The van der Waals surface area contributed by atoms with Crippen molar-refractivity contribution in [3.05, 3.63) is 45.9 Å². The van der Waals surface area contributed by atoms with Gasteiger partial charge in [-0.2, -0.15) is 0 Å². The Morgan fingerprint density at radius 1 is 1.50 bits per heavy atom. The van der Waals surface area contributed by atoms with Crippen molar-refractivity contribution in [1.29, 1.82) is 0 Å². The smallest absolute Gasteiger partial charge is 0.124 e. The van der Waals surface area contributed by atoms with Crippen LogP contribution in [0.25, 0.3) is 0 Å². The summed E-state index contributed by atoms with van der Waals surface area (Å²) in [5.41, 5.74) is 1.01. The molecule has 1 unspecified atom stereocenters. The second-order valence-corrected chi connectivity index (χ2v) is 5.11. The minimum Gasteiger partial charge on any atom is -0.496 e. The van der Waals surface area contributed by atoms with Crippen LogP contribution in [0.4, 0.5) is 4.39 Å². The first-order valence-corrected chi connectivity index (χ1v) is 7.03. The Labute approximate surface area is 115 Å². The van der Waals surface area contributed by atoms with E-state index >= 15 is 0 Å². The second kappa shape index (κ2) is 6.34. The van der Waals surface area contributed by atoms with E-state index in [1.54, 1.807) is 6.07 Å². The summed E-state index contributed by atoms with van der Waals surface area (Å²) in [5, 5.41) is 3.38. The maximum Gasteiger partial charge on any atom is 0.124 e. The predicted octanol–water partition coefficient (Wildman–Crippen LogP) is 3.93. The summed E-state index contributed by atoms with van der Waals surface area (Å²) in [5.74, 6) is 0.704. The van der Waals surface area contributed by atoms with Crippen LogP contribution in [-0.4, -0.2) is 13.2 Å². The number of benzene rings is 1. The van der Waals surface area contributed by atoms with Gasteiger partial charge in [-0.15, -0.1) is 0 Å². The van der Waals surface area contributed by atoms with E-state index in [2.05, 4.69) is 27.3 Å². The fraction of sp³-hybridized carbons (Fsp3) is 0.429. The lowest BCUT2D eigenvalue weighted by atomic mass is 10.0. The Balaban J connectivity index is 2.31. The highest BCUT2D eigenvalue weighted by Crippen LogP contribution is 2.31. The maximum atomic E-state index is 13.1. The molecular weight excluding hydrogens is 297 g/mol. The van der Waals surface area contributed by atoms with Gasteiger partial charge in [0, 0.05) is 4.47 Å². The molecule has 1 heterocycles. The number of hydrogen-bond donors (Lipinski definition) is 1. The third-order valence-electron chi connectivity index (χ3n) is 2.93. The van der Waals surface area contributed by atoms with Crippen molar-refractivity contribution in [1.82, 2.24) is 5.32 Å². The molecule has 0 radical (unpaired) electrons. The van der Waals surface area contributed by atoms with E-state index in [0.29, 0.717) is 0 Å². The van der Waals surface area contributed by atoms with Gasteiger partial charge < -0.3 is 10.1 Å². The normalized spacial score (nSPS) is 16.9. The fourth-order valence-corrected chi connectivity index (χ4v) is 2.66. The molecule has 98 valence electrons. The van der Waals surface area contributed by atoms with Crippen LogP contribution < -0.4 is 5.32 Å². The Bertz CT molecular complexity index is 447. The summed E-state index contributed by atoms with van der Waals surface area (Å²) in [7, 11) is 0. The van der Waals surface area contributed by atoms with Crippen LogP contribution in [0.15, 0.2) is 34.5 Å². The first-order valence-electron chi connectivity index (χ1n) is 6.23. The second-order valence-electron chi connectivity index (χ2n) is 4.25. The number of ether oxygens (including phenoxy) is 1. The van der Waals surface area contributed by atoms with Crippen molar-refractivity contribution in [2.24, 2.45) is 0 Å². The molecule has 0 aromatic heterocycles. The Kier molecular flexibility index (Phi) is 4.78. The van der Waals surface area contributed by atoms with Gasteiger partial charge in [-0.05, 0) is 43.2 Å². The predicted molar refractivity (Wildman–Crippen MR) is 73.8 cm³/mol. The van der Waals surface area contributed by atoms with Gasteiger partial charge in [-0.1, -0.05) is 28.9 Å². The fourth-order valence-electron chi connectivity index (χ4n) is 2.08. The SMILES string of the molecule is CCNC(C1=CCCCO1)c1ccc(F)cc1Br. The number of rotatable bonds is 4. The van der Waals surface area contributed by atoms with Crippen LogP contribution in [0.5, 0.6) is 0 Å². The molecule has 1 aliphatic heterocycles. The molecule has 1 aliphatic rings. The lowest BCUT2D eigenvalue weighted by Gasteiger charge is -2.25. The van der Waals surface area contributed by atoms with E-state index in [0.717, 1.165) is 41.8 Å². The largest absolute Gasteiger partial charge is 0.496 e. The number of nitrogens with one attached hydrogen (secondary N) is 1. The molecule has 0 spiro atoms. The first kappa shape index (κ1) is 13.6. The van der Waals surface area contributed by atoms with Crippen LogP contribution >= 0.6 is 15.9 Å². The molecule has 18 heavy (non-hydrogen) atoms. The minimum absolute atomic E-state index is 0.00900. The lowest BCUT2D eigenvalue weighted by Crippen LogP contribution is -2.25. The third-order valence-corrected chi connectivity index (χ3v) is 3.62. The van der Waals surface area contributed by atoms with Gasteiger partial charge in [0.1, 0.15) is 11.6 Å². The Morgan fingerprint density at radius 2 is 2.33 bits per heavy atom. The molecular formula is C14H17BrFNO. The van der Waals surface area contributed by atoms with E-state index in [4.69, 9.17) is 4.74 Å². The summed E-state index contributed by atoms with van der Waals surface area (Å²) in [6, 6.07) is 4.76. The molecule has 0 saturated carbocycles. The molecule has 1 aromatic rings. The molecule has 0 fully saturated rings. The van der Waals surface area contributed by atoms with Crippen molar-refractivity contribution < 1.29 is 9.13 Å². The average molecular weight is 314 g/mol. The van der Waals surface area contributed by atoms with Gasteiger partial charge in [0.15, 0.2) is 0 Å². The van der Waals surface area contributed by atoms with Crippen LogP contribution in [0.2, 0.25) is 0 Å². The van der Waals surface area contributed by atoms with E-state index in [1.807, 2.05) is 6.92 Å². The maximum absolute atomic E-state index is 13.1. The molecule has 2 nitrogen and oxygen atoms in total. The zero-order valence-electron chi connectivity index (χ0n) is 10.4. The topological polar surface area (TPSA) is 21.3 Å². The zero-order chi connectivity index (χ0) is 13.0. The molecule has 1 atom stereocenters. The van der Waals surface area contributed by atoms with E-state index in [-0.39, 0.29) is 11.9 Å². The first-order chi connectivity index (χ1) is 8.72. The molecule has 0 aliphatic carbocycles. The standard InChI is InChI=1S/C14H17BrFNO/c1-2-17-14(13-5-3-4-8-18-13)11-7-6-10(16)9-12(11)15/h5-7,9,14,17H,2-4,8H2,1H3. The van der Waals surface area contributed by atoms with Gasteiger partial charge in [0.25, 0.3) is 0 Å². The van der Waals surface area contributed by atoms with Crippen molar-refractivity contribution in [3.8, 4) is 0 Å². The van der Waals surface area contributed by atoms with Crippen LogP contribution in [0, 0.1) is 5.82 Å². The minimum atomic E-state index is -0.237. The highest BCUT2D eigenvalue weighted by molar-refractivity contribution is 9.10. The summed E-state index contributed by atoms with van der Waals surface area (Å²) in [6.07, 6.45) is 4.22. The highest BCUT2D eigenvalue weighted by Gasteiger charge is 2.21. The van der Waals surface area contributed by atoms with Gasteiger partial charge in [-0.25, -0.2) is 4.39 Å². The van der Waals surface area contributed by atoms with Crippen molar-refractivity contribution >= 4 is 15.9 Å². The molecule has 0 bridgehead atoms. The Hall–Kier alpha value is -0.870. The molecule has 4 heteroatoms. The van der Waals surface area contributed by atoms with E-state index in [9.17, 15) is 4.39 Å². The summed E-state index contributed by atoms with van der Waals surface area (Å²) < 4.78 is 19.6. The van der Waals surface area contributed by atoms with E-state index < -0.39 is 0 Å². The number of hydrogen-bond acceptors (Lipinski definition) is 2. The van der Waals surface area contributed by atoms with Crippen molar-refractivity contribution in [3.63, 3.8) is 0 Å². The van der Waals surface area contributed by atoms with Crippen LogP contribution in [0.3, 0.4) is 0 Å². The lowest BCUT2D eigenvalue weighted by molar-refractivity contribution is 0.168. The van der Waals surface area contributed by atoms with Gasteiger partial charge in [0.2, 0.25) is 0 Å². The molecule has 2 rings (SSSR count). The van der Waals surface area contributed by atoms with Gasteiger partial charge in [0.05, 0.1) is 12.6 Å². The third kappa shape index (κ3) is 3.12. The molecule has 0 amide bonds. The van der Waals surface area contributed by atoms with Crippen molar-refractivity contribution in [2.45, 2.75) is 25.8 Å². The number of likely N-dealkylation sites (N-methyl/N-ethyl adjacent to an activating group) is 1. The van der Waals surface area contributed by atoms with Gasteiger partial charge >= 0.3 is 0 Å². The number of halogens is 2. The van der Waals surface area contributed by atoms with Crippen LogP contribution in [-0.2, 0) is 4.74 Å². The van der Waals surface area contributed by atoms with E-state index in [1.165, 1.54) is 12.1 Å². The summed E-state index contributed by atoms with van der Waals surface area (Å²) >= 11 is 3.42. The summed E-state index contributed by atoms with van der Waals surface area (Å²) in [6.45, 7) is 3.63. The highest BCUT2D eigenvalue weighted by atomic mass is 79.9. The quantitative estimate of drug-likeness (QED) is 0.909. The molecule has 1 N–H and O–H groups in total. The van der Waals surface area contributed by atoms with Crippen LogP contribution in [0.1, 0.15) is 31.4 Å². The Morgan fingerprint density at radius 3 is 2.94 bits per heavy atom. The van der Waals surface area contributed by atoms with Gasteiger partial charge in [-0.3, -0.25) is 0 Å². The average Bonchev–Trinajstić information content (AvgIpc) is 2.38. The summed E-state index contributed by atoms with van der Waals surface area (Å²) in [4.78, 5) is 0. The molecule has 0 saturated heterocycles. The zero-order valence-corrected chi connectivity index (χ0v) is 12.0. The molecule has 1 aromatic carbocycles. The number of allylic oxidation sites excluding steroid dienone is 1.